The van der Waals surface area contributed by atoms with E-state index in [0.29, 0.717) is 6.92 Å². The Labute approximate surface area is 116 Å². The average molecular weight is 297 g/mol. The molecule has 0 aromatic heterocycles. The van der Waals surface area contributed by atoms with E-state index in [1.165, 1.54) is 0 Å². The smallest absolute Gasteiger partial charge is 0.380 e. The van der Waals surface area contributed by atoms with Crippen molar-refractivity contribution in [3.8, 4) is 0 Å². The summed E-state index contributed by atoms with van der Waals surface area (Å²) in [7, 11) is 0. The van der Waals surface area contributed by atoms with E-state index < -0.39 is 35.6 Å². The van der Waals surface area contributed by atoms with E-state index in [2.05, 4.69) is 5.32 Å². The number of hydrogen-bond acceptors (Lipinski definition) is 3. The molecular weight excluding hydrogens is 275 g/mol. The molecule has 7 heteroatoms. The Kier molecular flexibility index (Phi) is 5.78. The predicted octanol–water partition coefficient (Wildman–Crippen LogP) is 2.20. The first-order valence-corrected chi connectivity index (χ1v) is 6.33. The third kappa shape index (κ3) is 5.11. The lowest BCUT2D eigenvalue weighted by atomic mass is 9.83. The quantitative estimate of drug-likeness (QED) is 0.817. The van der Waals surface area contributed by atoms with Crippen LogP contribution >= 0.6 is 0 Å². The van der Waals surface area contributed by atoms with Gasteiger partial charge in [-0.05, 0) is 12.3 Å². The monoisotopic (exact) mass is 297 g/mol. The van der Waals surface area contributed by atoms with Crippen molar-refractivity contribution < 1.29 is 27.9 Å². The summed E-state index contributed by atoms with van der Waals surface area (Å²) in [4.78, 5) is 23.4. The van der Waals surface area contributed by atoms with Crippen molar-refractivity contribution in [2.45, 2.75) is 65.3 Å². The molecule has 0 radical (unpaired) electrons. The highest BCUT2D eigenvalue weighted by Gasteiger charge is 2.51. The van der Waals surface area contributed by atoms with Gasteiger partial charge in [0.25, 0.3) is 0 Å². The number of halogens is 3. The highest BCUT2D eigenvalue weighted by molar-refractivity contribution is 5.89. The Morgan fingerprint density at radius 2 is 1.60 bits per heavy atom. The first-order chi connectivity index (χ1) is 8.72. The molecule has 0 fully saturated rings. The molecule has 0 aliphatic rings. The Morgan fingerprint density at radius 1 is 1.15 bits per heavy atom. The van der Waals surface area contributed by atoms with Gasteiger partial charge in [0, 0.05) is 6.42 Å². The zero-order chi connectivity index (χ0) is 16.4. The third-order valence-corrected chi connectivity index (χ3v) is 2.96. The molecule has 2 N–H and O–H groups in total. The van der Waals surface area contributed by atoms with Gasteiger partial charge in [-0.1, -0.05) is 27.7 Å². The van der Waals surface area contributed by atoms with Crippen LogP contribution in [-0.2, 0) is 9.59 Å². The summed E-state index contributed by atoms with van der Waals surface area (Å²) in [6.07, 6.45) is -5.88. The molecule has 0 aliphatic carbocycles. The number of carbonyl (C=O) groups is 2. The standard InChI is InChI=1S/C13H22F3NO3/c1-6-8(18)10(11(2,3)4)17-9(19)7-12(5,20)13(14,15)16/h10,20H,6-7H2,1-5H3,(H,17,19). The lowest BCUT2D eigenvalue weighted by molar-refractivity contribution is -0.253. The normalized spacial score (nSPS) is 17.2. The van der Waals surface area contributed by atoms with Crippen molar-refractivity contribution in [1.82, 2.24) is 5.32 Å². The summed E-state index contributed by atoms with van der Waals surface area (Å²) in [5.41, 5.74) is -3.73. The van der Waals surface area contributed by atoms with E-state index in [1.54, 1.807) is 27.7 Å². The van der Waals surface area contributed by atoms with E-state index in [1.807, 2.05) is 0 Å². The molecule has 2 atom stereocenters. The van der Waals surface area contributed by atoms with Crippen molar-refractivity contribution >= 4 is 11.7 Å². The van der Waals surface area contributed by atoms with Gasteiger partial charge >= 0.3 is 6.18 Å². The maximum atomic E-state index is 12.5. The summed E-state index contributed by atoms with van der Waals surface area (Å²) < 4.78 is 37.5. The maximum Gasteiger partial charge on any atom is 0.417 e. The fourth-order valence-corrected chi connectivity index (χ4v) is 1.61. The van der Waals surface area contributed by atoms with Crippen LogP contribution in [0.25, 0.3) is 0 Å². The van der Waals surface area contributed by atoms with Crippen LogP contribution in [0.15, 0.2) is 0 Å². The van der Waals surface area contributed by atoms with Gasteiger partial charge in [0.1, 0.15) is 0 Å². The first-order valence-electron chi connectivity index (χ1n) is 6.33. The molecule has 0 rings (SSSR count). The molecule has 0 spiro atoms. The Morgan fingerprint density at radius 3 is 1.90 bits per heavy atom. The Balaban J connectivity index is 4.93. The fraction of sp³-hybridized carbons (Fsp3) is 0.846. The number of hydrogen-bond donors (Lipinski definition) is 2. The molecule has 1 amide bonds. The second-order valence-electron chi connectivity index (χ2n) is 6.13. The second kappa shape index (κ2) is 6.11. The van der Waals surface area contributed by atoms with E-state index >= 15 is 0 Å². The number of alkyl halides is 3. The number of Topliss-reactive ketones (excluding diaryl/α,β-unsaturated/α-hetero) is 1. The molecule has 0 aromatic carbocycles. The van der Waals surface area contributed by atoms with Crippen molar-refractivity contribution in [3.63, 3.8) is 0 Å². The third-order valence-electron chi connectivity index (χ3n) is 2.96. The molecule has 4 nitrogen and oxygen atoms in total. The minimum Gasteiger partial charge on any atom is -0.380 e. The van der Waals surface area contributed by atoms with Crippen LogP contribution in [0, 0.1) is 5.41 Å². The van der Waals surface area contributed by atoms with Gasteiger partial charge in [0.15, 0.2) is 11.4 Å². The van der Waals surface area contributed by atoms with Crippen molar-refractivity contribution in [1.29, 1.82) is 0 Å². The molecule has 118 valence electrons. The van der Waals surface area contributed by atoms with Crippen LogP contribution in [0.1, 0.15) is 47.5 Å². The Hall–Kier alpha value is -1.11. The summed E-state index contributed by atoms with van der Waals surface area (Å²) >= 11 is 0. The average Bonchev–Trinajstić information content (AvgIpc) is 2.21. The first kappa shape index (κ1) is 18.9. The molecule has 0 saturated carbocycles. The molecule has 20 heavy (non-hydrogen) atoms. The van der Waals surface area contributed by atoms with Gasteiger partial charge < -0.3 is 10.4 Å². The summed E-state index contributed by atoms with van der Waals surface area (Å²) in [6, 6.07) is -0.885. The van der Waals surface area contributed by atoms with E-state index in [4.69, 9.17) is 0 Å². The van der Waals surface area contributed by atoms with Crippen LogP contribution in [0.3, 0.4) is 0 Å². The lowest BCUT2D eigenvalue weighted by Crippen LogP contribution is -2.52. The van der Waals surface area contributed by atoms with E-state index in [0.717, 1.165) is 0 Å². The summed E-state index contributed by atoms with van der Waals surface area (Å²) in [6.45, 7) is 7.24. The highest BCUT2D eigenvalue weighted by Crippen LogP contribution is 2.32. The largest absolute Gasteiger partial charge is 0.417 e. The molecular formula is C13H22F3NO3. The second-order valence-corrected chi connectivity index (χ2v) is 6.13. The number of rotatable bonds is 5. The van der Waals surface area contributed by atoms with Crippen molar-refractivity contribution in [2.24, 2.45) is 5.41 Å². The van der Waals surface area contributed by atoms with Crippen LogP contribution in [0.5, 0.6) is 0 Å². The van der Waals surface area contributed by atoms with Gasteiger partial charge in [-0.3, -0.25) is 9.59 Å². The van der Waals surface area contributed by atoms with E-state index in [-0.39, 0.29) is 12.2 Å². The number of nitrogens with one attached hydrogen (secondary N) is 1. The lowest BCUT2D eigenvalue weighted by Gasteiger charge is -2.32. The van der Waals surface area contributed by atoms with E-state index in [9.17, 15) is 27.9 Å². The van der Waals surface area contributed by atoms with Gasteiger partial charge in [-0.2, -0.15) is 13.2 Å². The molecule has 0 saturated heterocycles. The summed E-state index contributed by atoms with van der Waals surface area (Å²) in [5.74, 6) is -1.27. The molecule has 2 unspecified atom stereocenters. The predicted molar refractivity (Wildman–Crippen MR) is 68.0 cm³/mol. The van der Waals surface area contributed by atoms with Crippen LogP contribution < -0.4 is 5.32 Å². The number of ketones is 1. The maximum absolute atomic E-state index is 12.5. The molecule has 0 heterocycles. The van der Waals surface area contributed by atoms with Gasteiger partial charge in [-0.15, -0.1) is 0 Å². The zero-order valence-electron chi connectivity index (χ0n) is 12.4. The topological polar surface area (TPSA) is 66.4 Å². The minimum absolute atomic E-state index is 0.165. The van der Waals surface area contributed by atoms with Crippen LogP contribution in [-0.4, -0.2) is 34.6 Å². The van der Waals surface area contributed by atoms with Crippen molar-refractivity contribution in [3.05, 3.63) is 0 Å². The van der Waals surface area contributed by atoms with Crippen LogP contribution in [0.4, 0.5) is 13.2 Å². The van der Waals surface area contributed by atoms with Crippen LogP contribution in [0.2, 0.25) is 0 Å². The van der Waals surface area contributed by atoms with Gasteiger partial charge in [-0.25, -0.2) is 0 Å². The molecule has 0 aliphatic heterocycles. The number of amides is 1. The fourth-order valence-electron chi connectivity index (χ4n) is 1.61. The Bertz CT molecular complexity index is 370. The van der Waals surface area contributed by atoms with Crippen molar-refractivity contribution in [2.75, 3.05) is 0 Å². The highest BCUT2D eigenvalue weighted by atomic mass is 19.4. The number of carbonyl (C=O) groups excluding carboxylic acids is 2. The zero-order valence-corrected chi connectivity index (χ0v) is 12.4. The van der Waals surface area contributed by atoms with Gasteiger partial charge in [0.2, 0.25) is 5.91 Å². The summed E-state index contributed by atoms with van der Waals surface area (Å²) in [5, 5.41) is 11.5. The SMILES string of the molecule is CCC(=O)C(NC(=O)CC(C)(O)C(F)(F)F)C(C)(C)C. The molecule has 0 bridgehead atoms. The number of aliphatic hydroxyl groups is 1. The molecule has 0 aromatic rings. The van der Waals surface area contributed by atoms with Gasteiger partial charge in [0.05, 0.1) is 12.5 Å². The minimum atomic E-state index is -4.91.